The lowest BCUT2D eigenvalue weighted by Gasteiger charge is -2.12. The first-order valence-corrected chi connectivity index (χ1v) is 10.3. The van der Waals surface area contributed by atoms with Crippen molar-refractivity contribution in [3.8, 4) is 5.69 Å². The average molecular weight is 432 g/mol. The first-order chi connectivity index (χ1) is 13.0. The van der Waals surface area contributed by atoms with Gasteiger partial charge in [0, 0.05) is 40.6 Å². The van der Waals surface area contributed by atoms with Crippen LogP contribution in [0.25, 0.3) is 5.69 Å². The first-order valence-electron chi connectivity index (χ1n) is 9.48. The van der Waals surface area contributed by atoms with E-state index in [1.54, 1.807) is 0 Å². The van der Waals surface area contributed by atoms with Crippen LogP contribution in [0.4, 0.5) is 0 Å². The molecule has 1 aliphatic rings. The second-order valence-electron chi connectivity index (χ2n) is 7.15. The van der Waals surface area contributed by atoms with Crippen LogP contribution in [-0.2, 0) is 4.79 Å². The zero-order valence-corrected chi connectivity index (χ0v) is 17.4. The molecule has 1 aliphatic carbocycles. The number of carbonyl (C=O) groups excluding carboxylic acids is 2. The summed E-state index contributed by atoms with van der Waals surface area (Å²) >= 11 is 3.49. The molecule has 3 rings (SSSR count). The highest BCUT2D eigenvalue weighted by molar-refractivity contribution is 9.10. The minimum absolute atomic E-state index is 0.0156. The molecule has 0 bridgehead atoms. The van der Waals surface area contributed by atoms with Gasteiger partial charge in [0.05, 0.1) is 5.56 Å². The van der Waals surface area contributed by atoms with Crippen molar-refractivity contribution in [1.82, 2.24) is 15.2 Å². The van der Waals surface area contributed by atoms with Crippen LogP contribution in [0.1, 0.15) is 53.8 Å². The van der Waals surface area contributed by atoms with Crippen LogP contribution in [-0.4, -0.2) is 29.0 Å². The van der Waals surface area contributed by atoms with Gasteiger partial charge in [-0.1, -0.05) is 34.8 Å². The van der Waals surface area contributed by atoms with Crippen molar-refractivity contribution >= 4 is 27.7 Å². The number of nitrogens with one attached hydrogen (secondary N) is 2. The monoisotopic (exact) mass is 431 g/mol. The van der Waals surface area contributed by atoms with E-state index in [0.717, 1.165) is 34.4 Å². The van der Waals surface area contributed by atoms with E-state index in [0.29, 0.717) is 24.6 Å². The molecule has 0 saturated heterocycles. The Kier molecular flexibility index (Phi) is 6.37. The number of amides is 2. The molecule has 2 aromatic rings. The van der Waals surface area contributed by atoms with Crippen LogP contribution in [0.5, 0.6) is 0 Å². The summed E-state index contributed by atoms with van der Waals surface area (Å²) in [4.78, 5) is 24.6. The molecule has 2 N–H and O–H groups in total. The summed E-state index contributed by atoms with van der Waals surface area (Å²) in [5, 5.41) is 5.92. The van der Waals surface area contributed by atoms with E-state index in [1.807, 2.05) is 44.2 Å². The van der Waals surface area contributed by atoms with E-state index < -0.39 is 0 Å². The van der Waals surface area contributed by atoms with Gasteiger partial charge in [0.25, 0.3) is 5.91 Å². The van der Waals surface area contributed by atoms with Gasteiger partial charge in [-0.3, -0.25) is 9.59 Å². The third-order valence-corrected chi connectivity index (χ3v) is 5.59. The molecule has 1 aromatic heterocycles. The molecule has 1 fully saturated rings. The van der Waals surface area contributed by atoms with Gasteiger partial charge in [-0.15, -0.1) is 0 Å². The number of hydrogen-bond acceptors (Lipinski definition) is 2. The Morgan fingerprint density at radius 2 is 1.93 bits per heavy atom. The number of nitrogens with zero attached hydrogens (tertiary/aromatic N) is 1. The van der Waals surface area contributed by atoms with Crippen LogP contribution < -0.4 is 10.6 Å². The lowest BCUT2D eigenvalue weighted by molar-refractivity contribution is -0.121. The Balaban J connectivity index is 1.60. The quantitative estimate of drug-likeness (QED) is 0.724. The summed E-state index contributed by atoms with van der Waals surface area (Å²) in [5.41, 5.74) is 3.53. The molecule has 5 nitrogen and oxygen atoms in total. The summed E-state index contributed by atoms with van der Waals surface area (Å²) < 4.78 is 3.05. The summed E-state index contributed by atoms with van der Waals surface area (Å²) in [7, 11) is 0. The number of carbonyl (C=O) groups is 2. The second-order valence-corrected chi connectivity index (χ2v) is 8.07. The molecule has 0 radical (unpaired) electrons. The molecule has 2 amide bonds. The zero-order valence-electron chi connectivity index (χ0n) is 15.8. The SMILES string of the molecule is Cc1cc(C(=O)NCCC(=O)NC2CCCC2)c(C)n1-c1cccc(Br)c1. The van der Waals surface area contributed by atoms with E-state index >= 15 is 0 Å². The largest absolute Gasteiger partial charge is 0.353 e. The number of halogens is 1. The van der Waals surface area contributed by atoms with Crippen molar-refractivity contribution in [3.63, 3.8) is 0 Å². The Hall–Kier alpha value is -2.08. The number of hydrogen-bond donors (Lipinski definition) is 2. The molecule has 1 heterocycles. The number of benzene rings is 1. The van der Waals surface area contributed by atoms with Crippen LogP contribution in [0.2, 0.25) is 0 Å². The summed E-state index contributed by atoms with van der Waals surface area (Å²) in [6.45, 7) is 4.27. The summed E-state index contributed by atoms with van der Waals surface area (Å²) in [5.74, 6) is -0.125. The Morgan fingerprint density at radius 1 is 1.19 bits per heavy atom. The average Bonchev–Trinajstić information content (AvgIpc) is 3.22. The van der Waals surface area contributed by atoms with E-state index in [4.69, 9.17) is 0 Å². The van der Waals surface area contributed by atoms with Gasteiger partial charge < -0.3 is 15.2 Å². The zero-order chi connectivity index (χ0) is 19.4. The molecule has 27 heavy (non-hydrogen) atoms. The van der Waals surface area contributed by atoms with Crippen LogP contribution in [0.3, 0.4) is 0 Å². The maximum absolute atomic E-state index is 12.6. The maximum Gasteiger partial charge on any atom is 0.253 e. The van der Waals surface area contributed by atoms with Gasteiger partial charge in [0.15, 0.2) is 0 Å². The molecule has 1 saturated carbocycles. The minimum atomic E-state index is -0.141. The van der Waals surface area contributed by atoms with Crippen molar-refractivity contribution in [2.75, 3.05) is 6.54 Å². The predicted octanol–water partition coefficient (Wildman–Crippen LogP) is 4.04. The molecule has 0 atom stereocenters. The van der Waals surface area contributed by atoms with Gasteiger partial charge in [-0.2, -0.15) is 0 Å². The highest BCUT2D eigenvalue weighted by Gasteiger charge is 2.19. The van der Waals surface area contributed by atoms with Crippen LogP contribution in [0.15, 0.2) is 34.8 Å². The third-order valence-electron chi connectivity index (χ3n) is 5.10. The first kappa shape index (κ1) is 19.7. The van der Waals surface area contributed by atoms with E-state index in [-0.39, 0.29) is 11.8 Å². The standard InChI is InChI=1S/C21H26BrN3O2/c1-14-12-19(15(2)25(14)18-9-5-6-16(22)13-18)21(27)23-11-10-20(26)24-17-7-3-4-8-17/h5-6,9,12-13,17H,3-4,7-8,10-11H2,1-2H3,(H,23,27)(H,24,26). The third kappa shape index (κ3) is 4.80. The van der Waals surface area contributed by atoms with Gasteiger partial charge in [0.1, 0.15) is 0 Å². The normalized spacial score (nSPS) is 14.3. The van der Waals surface area contributed by atoms with Crippen molar-refractivity contribution in [2.45, 2.75) is 52.0 Å². The fourth-order valence-corrected chi connectivity index (χ4v) is 4.15. The van der Waals surface area contributed by atoms with E-state index in [9.17, 15) is 9.59 Å². The van der Waals surface area contributed by atoms with Crippen molar-refractivity contribution in [1.29, 1.82) is 0 Å². The topological polar surface area (TPSA) is 63.1 Å². The minimum Gasteiger partial charge on any atom is -0.353 e. The smallest absolute Gasteiger partial charge is 0.253 e. The number of aryl methyl sites for hydroxylation is 1. The lowest BCUT2D eigenvalue weighted by atomic mass is 10.2. The number of rotatable bonds is 6. The van der Waals surface area contributed by atoms with Crippen molar-refractivity contribution in [3.05, 3.63) is 51.8 Å². The fraction of sp³-hybridized carbons (Fsp3) is 0.429. The van der Waals surface area contributed by atoms with Crippen LogP contribution in [0, 0.1) is 13.8 Å². The van der Waals surface area contributed by atoms with Gasteiger partial charge in [-0.25, -0.2) is 0 Å². The fourth-order valence-electron chi connectivity index (χ4n) is 3.76. The predicted molar refractivity (Wildman–Crippen MR) is 110 cm³/mol. The van der Waals surface area contributed by atoms with Gasteiger partial charge >= 0.3 is 0 Å². The maximum atomic E-state index is 12.6. The van der Waals surface area contributed by atoms with Crippen LogP contribution >= 0.6 is 15.9 Å². The van der Waals surface area contributed by atoms with Gasteiger partial charge in [-0.05, 0) is 51.0 Å². The Labute approximate surface area is 168 Å². The molecule has 0 spiro atoms. The summed E-state index contributed by atoms with van der Waals surface area (Å²) in [6.07, 6.45) is 4.83. The molecular formula is C21H26BrN3O2. The highest BCUT2D eigenvalue weighted by atomic mass is 79.9. The molecule has 1 aromatic carbocycles. The Bertz CT molecular complexity index is 838. The molecule has 144 valence electrons. The van der Waals surface area contributed by atoms with Crippen molar-refractivity contribution < 1.29 is 9.59 Å². The summed E-state index contributed by atoms with van der Waals surface area (Å²) in [6, 6.07) is 10.2. The lowest BCUT2D eigenvalue weighted by Crippen LogP contribution is -2.35. The molecule has 0 aliphatic heterocycles. The van der Waals surface area contributed by atoms with E-state index in [2.05, 4.69) is 31.1 Å². The molecule has 0 unspecified atom stereocenters. The second kappa shape index (κ2) is 8.74. The molecular weight excluding hydrogens is 406 g/mol. The molecule has 6 heteroatoms. The highest BCUT2D eigenvalue weighted by Crippen LogP contribution is 2.23. The van der Waals surface area contributed by atoms with E-state index in [1.165, 1.54) is 12.8 Å². The number of aromatic nitrogens is 1. The Morgan fingerprint density at radius 3 is 2.63 bits per heavy atom. The van der Waals surface area contributed by atoms with Crippen molar-refractivity contribution in [2.24, 2.45) is 0 Å². The van der Waals surface area contributed by atoms with Gasteiger partial charge in [0.2, 0.25) is 5.91 Å².